The maximum atomic E-state index is 11.9. The van der Waals surface area contributed by atoms with Crippen molar-refractivity contribution in [2.75, 3.05) is 0 Å². The van der Waals surface area contributed by atoms with Crippen molar-refractivity contribution in [3.05, 3.63) is 29.3 Å². The average Bonchev–Trinajstić information content (AvgIpc) is 1.99. The summed E-state index contributed by atoms with van der Waals surface area (Å²) in [6.45, 7) is 12.7. The number of hydrogen-bond acceptors (Lipinski definition) is 1. The van der Waals surface area contributed by atoms with E-state index < -0.39 is 0 Å². The second-order valence-electron chi connectivity index (χ2n) is 6.18. The van der Waals surface area contributed by atoms with Gasteiger partial charge in [0.05, 0.1) is 0 Å². The molecular formula is C14H21BrMgO. The molecule has 0 atom stereocenters. The molecule has 1 aromatic carbocycles. The fourth-order valence-electron chi connectivity index (χ4n) is 1.93. The van der Waals surface area contributed by atoms with Crippen molar-refractivity contribution in [2.24, 2.45) is 0 Å². The van der Waals surface area contributed by atoms with E-state index in [0.717, 1.165) is 5.56 Å². The molecule has 0 aromatic heterocycles. The van der Waals surface area contributed by atoms with Gasteiger partial charge in [-0.2, -0.15) is 0 Å². The number of halogens is 1. The molecule has 0 radical (unpaired) electrons. The van der Waals surface area contributed by atoms with E-state index in [1.165, 1.54) is 5.56 Å². The first-order chi connectivity index (χ1) is 6.64. The second kappa shape index (κ2) is 6.44. The Balaban J connectivity index is 0. The van der Waals surface area contributed by atoms with E-state index in [9.17, 15) is 5.11 Å². The Labute approximate surface area is 132 Å². The smallest absolute Gasteiger partial charge is 1.00 e. The molecule has 0 aliphatic rings. The van der Waals surface area contributed by atoms with Crippen LogP contribution in [0.15, 0.2) is 18.2 Å². The van der Waals surface area contributed by atoms with Crippen LogP contribution in [0.2, 0.25) is 0 Å². The van der Waals surface area contributed by atoms with Gasteiger partial charge in [-0.15, -0.1) is 5.75 Å². The molecule has 1 nitrogen and oxygen atoms in total. The van der Waals surface area contributed by atoms with Crippen LogP contribution in [0, 0.1) is 0 Å². The first kappa shape index (κ1) is 19.6. The summed E-state index contributed by atoms with van der Waals surface area (Å²) in [6.07, 6.45) is 0. The third-order valence-electron chi connectivity index (χ3n) is 2.58. The van der Waals surface area contributed by atoms with Gasteiger partial charge in [-0.1, -0.05) is 59.7 Å². The standard InChI is InChI=1S/C14H22O.BrH.Mg/c1-13(2,3)10-8-7-9-11(15)12(10)14(4,5)6;;/h7-9,15H,1-6H3;1H;/q;;+2/p-2. The summed E-state index contributed by atoms with van der Waals surface area (Å²) in [5.74, 6) is 0.162. The van der Waals surface area contributed by atoms with Crippen molar-refractivity contribution in [3.63, 3.8) is 0 Å². The maximum absolute atomic E-state index is 11.9. The zero-order chi connectivity index (χ0) is 11.9. The molecule has 0 saturated heterocycles. The topological polar surface area (TPSA) is 23.1 Å². The summed E-state index contributed by atoms with van der Waals surface area (Å²) in [5, 5.41) is 11.9. The van der Waals surface area contributed by atoms with Crippen molar-refractivity contribution in [3.8, 4) is 5.75 Å². The van der Waals surface area contributed by atoms with Crippen molar-refractivity contribution in [1.29, 1.82) is 0 Å². The average molecular weight is 310 g/mol. The fourth-order valence-corrected chi connectivity index (χ4v) is 1.93. The normalized spacial score (nSPS) is 11.4. The third-order valence-corrected chi connectivity index (χ3v) is 2.58. The zero-order valence-corrected chi connectivity index (χ0v) is 14.7. The van der Waals surface area contributed by atoms with Crippen LogP contribution in [0.1, 0.15) is 52.7 Å². The Kier molecular flexibility index (Phi) is 7.42. The van der Waals surface area contributed by atoms with E-state index in [-0.39, 0.29) is 56.6 Å². The first-order valence-corrected chi connectivity index (χ1v) is 5.45. The predicted octanol–water partition coefficient (Wildman–Crippen LogP) is -0.0216. The van der Waals surface area contributed by atoms with E-state index >= 15 is 0 Å². The van der Waals surface area contributed by atoms with E-state index in [2.05, 4.69) is 47.6 Å². The van der Waals surface area contributed by atoms with Gasteiger partial charge in [0.25, 0.3) is 0 Å². The van der Waals surface area contributed by atoms with Crippen molar-refractivity contribution < 1.29 is 22.1 Å². The van der Waals surface area contributed by atoms with Crippen LogP contribution in [0.3, 0.4) is 0 Å². The summed E-state index contributed by atoms with van der Waals surface area (Å²) in [5.41, 5.74) is 2.07. The minimum atomic E-state index is -0.0824. The van der Waals surface area contributed by atoms with Crippen LogP contribution in [0.5, 0.6) is 5.75 Å². The minimum absolute atomic E-state index is 0. The van der Waals surface area contributed by atoms with Crippen molar-refractivity contribution >= 4 is 23.1 Å². The molecule has 17 heavy (non-hydrogen) atoms. The quantitative estimate of drug-likeness (QED) is 0.618. The SMILES string of the molecule is CC(C)(C)c1cccc([O-])c1C(C)(C)C.[Br-].[Mg+2]. The van der Waals surface area contributed by atoms with Crippen LogP contribution >= 0.6 is 0 Å². The Bertz CT molecular complexity index is 361. The Morgan fingerprint density at radius 3 is 1.65 bits per heavy atom. The van der Waals surface area contributed by atoms with Crippen LogP contribution in [0.4, 0.5) is 0 Å². The molecule has 0 N–H and O–H groups in total. The number of hydrogen-bond donors (Lipinski definition) is 0. The Morgan fingerprint density at radius 1 is 0.882 bits per heavy atom. The molecule has 92 valence electrons. The first-order valence-electron chi connectivity index (χ1n) is 5.45. The minimum Gasteiger partial charge on any atom is -1.00 e. The Hall–Kier alpha value is 0.266. The van der Waals surface area contributed by atoms with Crippen LogP contribution in [-0.4, -0.2) is 23.1 Å². The van der Waals surface area contributed by atoms with Crippen LogP contribution in [0.25, 0.3) is 0 Å². The summed E-state index contributed by atoms with van der Waals surface area (Å²) < 4.78 is 0. The molecule has 1 aromatic rings. The molecule has 0 bridgehead atoms. The summed E-state index contributed by atoms with van der Waals surface area (Å²) in [4.78, 5) is 0. The molecule has 3 heteroatoms. The largest absolute Gasteiger partial charge is 2.00 e. The van der Waals surface area contributed by atoms with Crippen LogP contribution < -0.4 is 22.1 Å². The van der Waals surface area contributed by atoms with Gasteiger partial charge in [0.15, 0.2) is 0 Å². The third kappa shape index (κ3) is 4.80. The van der Waals surface area contributed by atoms with E-state index in [1.807, 2.05) is 6.07 Å². The Morgan fingerprint density at radius 2 is 1.35 bits per heavy atom. The molecule has 0 aliphatic heterocycles. The van der Waals surface area contributed by atoms with Crippen molar-refractivity contribution in [1.82, 2.24) is 0 Å². The van der Waals surface area contributed by atoms with Gasteiger partial charge < -0.3 is 22.1 Å². The number of benzene rings is 1. The molecule has 0 fully saturated rings. The number of rotatable bonds is 0. The second-order valence-corrected chi connectivity index (χ2v) is 6.18. The van der Waals surface area contributed by atoms with E-state index in [0.29, 0.717) is 0 Å². The molecule has 0 unspecified atom stereocenters. The molecule has 0 spiro atoms. The summed E-state index contributed by atoms with van der Waals surface area (Å²) >= 11 is 0. The van der Waals surface area contributed by atoms with E-state index in [4.69, 9.17) is 0 Å². The molecule has 0 heterocycles. The zero-order valence-electron chi connectivity index (χ0n) is 11.7. The van der Waals surface area contributed by atoms with Gasteiger partial charge in [0.1, 0.15) is 0 Å². The molecule has 0 amide bonds. The van der Waals surface area contributed by atoms with Gasteiger partial charge in [-0.25, -0.2) is 0 Å². The van der Waals surface area contributed by atoms with Gasteiger partial charge >= 0.3 is 23.1 Å². The maximum Gasteiger partial charge on any atom is 2.00 e. The predicted molar refractivity (Wildman–Crippen MR) is 69.0 cm³/mol. The van der Waals surface area contributed by atoms with Crippen LogP contribution in [-0.2, 0) is 10.8 Å². The fraction of sp³-hybridized carbons (Fsp3) is 0.571. The monoisotopic (exact) mass is 308 g/mol. The van der Waals surface area contributed by atoms with Gasteiger partial charge in [-0.05, 0) is 22.0 Å². The molecule has 0 aliphatic carbocycles. The van der Waals surface area contributed by atoms with Crippen molar-refractivity contribution in [2.45, 2.75) is 52.4 Å². The van der Waals surface area contributed by atoms with Gasteiger partial charge in [0, 0.05) is 0 Å². The van der Waals surface area contributed by atoms with Gasteiger partial charge in [0.2, 0.25) is 0 Å². The van der Waals surface area contributed by atoms with Gasteiger partial charge in [-0.3, -0.25) is 0 Å². The molecule has 0 saturated carbocycles. The summed E-state index contributed by atoms with van der Waals surface area (Å²) in [7, 11) is 0. The summed E-state index contributed by atoms with van der Waals surface area (Å²) in [6, 6.07) is 5.59. The molecular weight excluding hydrogens is 288 g/mol. The molecule has 1 rings (SSSR count). The van der Waals surface area contributed by atoms with E-state index in [1.54, 1.807) is 6.07 Å².